The first-order chi connectivity index (χ1) is 7.92. The van der Waals surface area contributed by atoms with Crippen molar-refractivity contribution in [3.63, 3.8) is 0 Å². The second kappa shape index (κ2) is 6.36. The molecule has 0 heterocycles. The van der Waals surface area contributed by atoms with Crippen LogP contribution in [0.5, 0.6) is 0 Å². The molecule has 18 heavy (non-hydrogen) atoms. The summed E-state index contributed by atoms with van der Waals surface area (Å²) in [6, 6.07) is 0. The lowest BCUT2D eigenvalue weighted by atomic mass is 9.76. The number of ether oxygens (including phenoxy) is 2. The van der Waals surface area contributed by atoms with Crippen LogP contribution in [0.2, 0.25) is 0 Å². The molecule has 0 aromatic rings. The fourth-order valence-electron chi connectivity index (χ4n) is 1.94. The van der Waals surface area contributed by atoms with Gasteiger partial charge >= 0.3 is 0 Å². The van der Waals surface area contributed by atoms with E-state index in [-0.39, 0.29) is 22.7 Å². The molecule has 110 valence electrons. The van der Waals surface area contributed by atoms with Gasteiger partial charge in [0.25, 0.3) is 0 Å². The molecule has 0 spiro atoms. The van der Waals surface area contributed by atoms with Crippen LogP contribution in [0.1, 0.15) is 61.8 Å². The Bertz CT molecular complexity index is 240. The molecule has 0 radical (unpaired) electrons. The van der Waals surface area contributed by atoms with Crippen molar-refractivity contribution in [2.45, 2.75) is 78.6 Å². The quantitative estimate of drug-likeness (QED) is 0.713. The van der Waals surface area contributed by atoms with Crippen molar-refractivity contribution in [1.29, 1.82) is 0 Å². The minimum Gasteiger partial charge on any atom is -0.373 e. The van der Waals surface area contributed by atoms with E-state index < -0.39 is 0 Å². The van der Waals surface area contributed by atoms with Crippen molar-refractivity contribution in [3.05, 3.63) is 0 Å². The number of hydrogen-bond acceptors (Lipinski definition) is 3. The maximum atomic E-state index is 6.20. The fourth-order valence-corrected chi connectivity index (χ4v) is 1.94. The SMILES string of the molecule is CCC(C)(OCCOC(C)(C)C)[C@H](C)C(C)(C)N. The van der Waals surface area contributed by atoms with Crippen LogP contribution < -0.4 is 5.73 Å². The largest absolute Gasteiger partial charge is 0.373 e. The predicted molar refractivity (Wildman–Crippen MR) is 77.8 cm³/mol. The Labute approximate surface area is 113 Å². The van der Waals surface area contributed by atoms with E-state index in [2.05, 4.69) is 55.4 Å². The fraction of sp³-hybridized carbons (Fsp3) is 1.00. The van der Waals surface area contributed by atoms with E-state index in [9.17, 15) is 0 Å². The molecule has 3 heteroatoms. The van der Waals surface area contributed by atoms with Gasteiger partial charge in [-0.2, -0.15) is 0 Å². The molecular weight excluding hydrogens is 226 g/mol. The van der Waals surface area contributed by atoms with Crippen LogP contribution in [0, 0.1) is 5.92 Å². The van der Waals surface area contributed by atoms with E-state index in [0.29, 0.717) is 13.2 Å². The summed E-state index contributed by atoms with van der Waals surface area (Å²) in [5, 5.41) is 0. The van der Waals surface area contributed by atoms with Gasteiger partial charge in [0, 0.05) is 11.5 Å². The van der Waals surface area contributed by atoms with Crippen LogP contribution in [-0.2, 0) is 9.47 Å². The average Bonchev–Trinajstić information content (AvgIpc) is 2.20. The topological polar surface area (TPSA) is 44.5 Å². The maximum absolute atomic E-state index is 6.20. The van der Waals surface area contributed by atoms with Crippen LogP contribution in [-0.4, -0.2) is 30.0 Å². The molecule has 2 atom stereocenters. The summed E-state index contributed by atoms with van der Waals surface area (Å²) in [6.07, 6.45) is 0.949. The Morgan fingerprint density at radius 3 is 1.72 bits per heavy atom. The highest BCUT2D eigenvalue weighted by Gasteiger charge is 2.38. The van der Waals surface area contributed by atoms with E-state index in [1.165, 1.54) is 0 Å². The Morgan fingerprint density at radius 2 is 1.39 bits per heavy atom. The number of nitrogens with two attached hydrogens (primary N) is 1. The van der Waals surface area contributed by atoms with E-state index >= 15 is 0 Å². The molecule has 1 unspecified atom stereocenters. The van der Waals surface area contributed by atoms with Gasteiger partial charge in [0.1, 0.15) is 0 Å². The van der Waals surface area contributed by atoms with Gasteiger partial charge in [-0.3, -0.25) is 0 Å². The van der Waals surface area contributed by atoms with Crippen molar-refractivity contribution in [2.75, 3.05) is 13.2 Å². The van der Waals surface area contributed by atoms with Crippen LogP contribution >= 0.6 is 0 Å². The molecule has 2 N–H and O–H groups in total. The molecule has 3 nitrogen and oxygen atoms in total. The van der Waals surface area contributed by atoms with Gasteiger partial charge in [-0.15, -0.1) is 0 Å². The molecule has 0 aliphatic carbocycles. The number of rotatable bonds is 7. The van der Waals surface area contributed by atoms with Gasteiger partial charge in [0.2, 0.25) is 0 Å². The molecule has 0 bridgehead atoms. The van der Waals surface area contributed by atoms with Crippen molar-refractivity contribution in [2.24, 2.45) is 11.7 Å². The highest BCUT2D eigenvalue weighted by atomic mass is 16.5. The standard InChI is InChI=1S/C15H33NO2/c1-9-15(8,12(2)14(6,7)16)18-11-10-17-13(3,4)5/h12H,9-11,16H2,1-8H3/t12-,15?/m1/s1. The van der Waals surface area contributed by atoms with Crippen LogP contribution in [0.25, 0.3) is 0 Å². The van der Waals surface area contributed by atoms with Gasteiger partial charge in [0.05, 0.1) is 24.4 Å². The van der Waals surface area contributed by atoms with Gasteiger partial charge in [-0.25, -0.2) is 0 Å². The third kappa shape index (κ3) is 6.17. The summed E-state index contributed by atoms with van der Waals surface area (Å²) in [5.74, 6) is 0.282. The van der Waals surface area contributed by atoms with E-state index in [4.69, 9.17) is 15.2 Å². The summed E-state index contributed by atoms with van der Waals surface area (Å²) in [7, 11) is 0. The normalized spacial score (nSPS) is 18.5. The highest BCUT2D eigenvalue weighted by Crippen LogP contribution is 2.32. The first-order valence-electron chi connectivity index (χ1n) is 6.99. The second-order valence-corrected chi connectivity index (χ2v) is 7.02. The zero-order chi connectivity index (χ0) is 14.6. The zero-order valence-corrected chi connectivity index (χ0v) is 13.6. The maximum Gasteiger partial charge on any atom is 0.0708 e. The molecule has 0 saturated heterocycles. The third-order valence-corrected chi connectivity index (χ3v) is 3.78. The lowest BCUT2D eigenvalue weighted by molar-refractivity contribution is -0.118. The highest BCUT2D eigenvalue weighted by molar-refractivity contribution is 4.92. The first-order valence-corrected chi connectivity index (χ1v) is 6.99. The Balaban J connectivity index is 4.33. The molecule has 0 rings (SSSR count). The molecule has 0 aliphatic heterocycles. The van der Waals surface area contributed by atoms with Gasteiger partial charge < -0.3 is 15.2 Å². The van der Waals surface area contributed by atoms with Gasteiger partial charge in [-0.1, -0.05) is 13.8 Å². The third-order valence-electron chi connectivity index (χ3n) is 3.78. The Kier molecular flexibility index (Phi) is 6.31. The van der Waals surface area contributed by atoms with Crippen molar-refractivity contribution < 1.29 is 9.47 Å². The van der Waals surface area contributed by atoms with Crippen molar-refractivity contribution >= 4 is 0 Å². The Hall–Kier alpha value is -0.120. The minimum absolute atomic E-state index is 0.106. The summed E-state index contributed by atoms with van der Waals surface area (Å²) in [6.45, 7) is 18.0. The minimum atomic E-state index is -0.240. The Morgan fingerprint density at radius 1 is 0.944 bits per heavy atom. The second-order valence-electron chi connectivity index (χ2n) is 7.02. The molecule has 0 aliphatic rings. The average molecular weight is 259 g/mol. The van der Waals surface area contributed by atoms with Gasteiger partial charge in [0.15, 0.2) is 0 Å². The summed E-state index contributed by atoms with van der Waals surface area (Å²) >= 11 is 0. The van der Waals surface area contributed by atoms with Crippen molar-refractivity contribution in [3.8, 4) is 0 Å². The van der Waals surface area contributed by atoms with Crippen LogP contribution in [0.4, 0.5) is 0 Å². The molecule has 0 aromatic carbocycles. The molecule has 0 fully saturated rings. The lowest BCUT2D eigenvalue weighted by Crippen LogP contribution is -2.52. The summed E-state index contributed by atoms with van der Waals surface area (Å²) in [5.41, 5.74) is 5.66. The lowest BCUT2D eigenvalue weighted by Gasteiger charge is -2.42. The van der Waals surface area contributed by atoms with E-state index in [1.807, 2.05) is 0 Å². The first kappa shape index (κ1) is 17.9. The monoisotopic (exact) mass is 259 g/mol. The smallest absolute Gasteiger partial charge is 0.0708 e. The van der Waals surface area contributed by atoms with Crippen LogP contribution in [0.15, 0.2) is 0 Å². The molecule has 0 amide bonds. The summed E-state index contributed by atoms with van der Waals surface area (Å²) < 4.78 is 11.7. The van der Waals surface area contributed by atoms with Crippen molar-refractivity contribution in [1.82, 2.24) is 0 Å². The number of hydrogen-bond donors (Lipinski definition) is 1. The van der Waals surface area contributed by atoms with Gasteiger partial charge in [-0.05, 0) is 48.0 Å². The van der Waals surface area contributed by atoms with E-state index in [0.717, 1.165) is 6.42 Å². The predicted octanol–water partition coefficient (Wildman–Crippen LogP) is 3.36. The zero-order valence-electron chi connectivity index (χ0n) is 13.6. The molecule has 0 aromatic heterocycles. The van der Waals surface area contributed by atoms with Crippen LogP contribution in [0.3, 0.4) is 0 Å². The summed E-state index contributed by atoms with van der Waals surface area (Å²) in [4.78, 5) is 0. The molecular formula is C15H33NO2. The van der Waals surface area contributed by atoms with E-state index in [1.54, 1.807) is 0 Å². The molecule has 0 saturated carbocycles.